The molecule has 0 saturated carbocycles. The normalized spacial score (nSPS) is 13.6. The van der Waals surface area contributed by atoms with Crippen LogP contribution in [0.4, 0.5) is 16.2 Å². The van der Waals surface area contributed by atoms with Gasteiger partial charge in [0.1, 0.15) is 11.5 Å². The Balaban J connectivity index is 1.55. The molecule has 0 radical (unpaired) electrons. The van der Waals surface area contributed by atoms with Crippen LogP contribution in [-0.4, -0.2) is 44.1 Å². The van der Waals surface area contributed by atoms with Gasteiger partial charge in [0.05, 0.1) is 19.9 Å². The summed E-state index contributed by atoms with van der Waals surface area (Å²) in [4.78, 5) is 29.6. The van der Waals surface area contributed by atoms with Gasteiger partial charge in [-0.05, 0) is 60.5 Å². The second-order valence-electron chi connectivity index (χ2n) is 7.91. The van der Waals surface area contributed by atoms with E-state index in [1.165, 1.54) is 0 Å². The summed E-state index contributed by atoms with van der Waals surface area (Å²) in [6.45, 7) is 1.66. The van der Waals surface area contributed by atoms with E-state index in [0.29, 0.717) is 53.1 Å². The van der Waals surface area contributed by atoms with Gasteiger partial charge >= 0.3 is 6.03 Å². The number of halogens is 1. The SMILES string of the molecule is COc1cccc(C(=O)Nc2ccc(OC)c(N3CCCN(Cc4cccc(Cl)c4)C3=O)c2)c1. The van der Waals surface area contributed by atoms with Gasteiger partial charge in [-0.1, -0.05) is 29.8 Å². The van der Waals surface area contributed by atoms with Crippen LogP contribution in [0.25, 0.3) is 0 Å². The third-order valence-electron chi connectivity index (χ3n) is 5.63. The smallest absolute Gasteiger partial charge is 0.324 e. The van der Waals surface area contributed by atoms with Gasteiger partial charge < -0.3 is 19.7 Å². The lowest BCUT2D eigenvalue weighted by Crippen LogP contribution is -2.49. The first-order valence-electron chi connectivity index (χ1n) is 10.9. The summed E-state index contributed by atoms with van der Waals surface area (Å²) in [5.74, 6) is 0.877. The van der Waals surface area contributed by atoms with Crippen LogP contribution in [0.15, 0.2) is 66.7 Å². The van der Waals surface area contributed by atoms with Crippen molar-refractivity contribution in [2.75, 3.05) is 37.5 Å². The molecule has 0 aromatic heterocycles. The Morgan fingerprint density at radius 3 is 2.59 bits per heavy atom. The third-order valence-corrected chi connectivity index (χ3v) is 5.87. The summed E-state index contributed by atoms with van der Waals surface area (Å²) in [5, 5.41) is 3.54. The number of nitrogens with one attached hydrogen (secondary N) is 1. The molecule has 34 heavy (non-hydrogen) atoms. The molecule has 0 atom stereocenters. The van der Waals surface area contributed by atoms with Crippen molar-refractivity contribution in [1.82, 2.24) is 4.90 Å². The second kappa shape index (κ2) is 10.5. The van der Waals surface area contributed by atoms with E-state index < -0.39 is 0 Å². The number of ether oxygens (including phenoxy) is 2. The molecule has 7 nitrogen and oxygen atoms in total. The molecular weight excluding hydrogens is 454 g/mol. The molecule has 8 heteroatoms. The quantitative estimate of drug-likeness (QED) is 0.489. The van der Waals surface area contributed by atoms with Crippen LogP contribution in [0.2, 0.25) is 5.02 Å². The zero-order chi connectivity index (χ0) is 24.1. The monoisotopic (exact) mass is 479 g/mol. The second-order valence-corrected chi connectivity index (χ2v) is 8.35. The van der Waals surface area contributed by atoms with E-state index >= 15 is 0 Å². The molecule has 0 aliphatic carbocycles. The molecule has 3 aromatic carbocycles. The number of carbonyl (C=O) groups is 2. The molecule has 4 rings (SSSR count). The van der Waals surface area contributed by atoms with E-state index in [1.54, 1.807) is 66.5 Å². The predicted molar refractivity (Wildman–Crippen MR) is 133 cm³/mol. The fourth-order valence-corrected chi connectivity index (χ4v) is 4.17. The van der Waals surface area contributed by atoms with Crippen LogP contribution in [0.5, 0.6) is 11.5 Å². The molecule has 1 heterocycles. The van der Waals surface area contributed by atoms with Crippen LogP contribution < -0.4 is 19.7 Å². The molecule has 0 unspecified atom stereocenters. The molecule has 176 valence electrons. The highest BCUT2D eigenvalue weighted by Gasteiger charge is 2.29. The van der Waals surface area contributed by atoms with Crippen molar-refractivity contribution in [2.24, 2.45) is 0 Å². The van der Waals surface area contributed by atoms with Gasteiger partial charge in [-0.2, -0.15) is 0 Å². The number of carbonyl (C=O) groups excluding carboxylic acids is 2. The lowest BCUT2D eigenvalue weighted by molar-refractivity contribution is 0.102. The first-order valence-corrected chi connectivity index (χ1v) is 11.3. The maximum Gasteiger partial charge on any atom is 0.324 e. The first kappa shape index (κ1) is 23.4. The van der Waals surface area contributed by atoms with E-state index in [-0.39, 0.29) is 11.9 Å². The number of methoxy groups -OCH3 is 2. The van der Waals surface area contributed by atoms with Gasteiger partial charge in [0.25, 0.3) is 5.91 Å². The van der Waals surface area contributed by atoms with Gasteiger partial charge in [0, 0.05) is 35.9 Å². The summed E-state index contributed by atoms with van der Waals surface area (Å²) >= 11 is 6.11. The molecule has 1 saturated heterocycles. The minimum absolute atomic E-state index is 0.124. The van der Waals surface area contributed by atoms with Crippen molar-refractivity contribution in [3.63, 3.8) is 0 Å². The van der Waals surface area contributed by atoms with Crippen LogP contribution in [-0.2, 0) is 6.54 Å². The minimum Gasteiger partial charge on any atom is -0.497 e. The van der Waals surface area contributed by atoms with Crippen LogP contribution in [0, 0.1) is 0 Å². The predicted octanol–water partition coefficient (Wildman–Crippen LogP) is 5.44. The van der Waals surface area contributed by atoms with Crippen molar-refractivity contribution >= 4 is 34.9 Å². The maximum absolute atomic E-state index is 13.4. The Morgan fingerprint density at radius 1 is 1.00 bits per heavy atom. The fourth-order valence-electron chi connectivity index (χ4n) is 3.95. The van der Waals surface area contributed by atoms with Crippen LogP contribution >= 0.6 is 11.6 Å². The van der Waals surface area contributed by atoms with Crippen molar-refractivity contribution in [3.05, 3.63) is 82.9 Å². The fraction of sp³-hybridized carbons (Fsp3) is 0.231. The number of rotatable bonds is 7. The van der Waals surface area contributed by atoms with E-state index in [9.17, 15) is 9.59 Å². The number of urea groups is 1. The van der Waals surface area contributed by atoms with E-state index in [4.69, 9.17) is 21.1 Å². The summed E-state index contributed by atoms with van der Waals surface area (Å²) in [7, 11) is 3.11. The average Bonchev–Trinajstić information content (AvgIpc) is 2.85. The molecule has 1 fully saturated rings. The number of anilines is 2. The van der Waals surface area contributed by atoms with Gasteiger partial charge in [-0.3, -0.25) is 9.69 Å². The number of hydrogen-bond acceptors (Lipinski definition) is 4. The van der Waals surface area contributed by atoms with Crippen molar-refractivity contribution < 1.29 is 19.1 Å². The van der Waals surface area contributed by atoms with Crippen molar-refractivity contribution in [3.8, 4) is 11.5 Å². The minimum atomic E-state index is -0.275. The zero-order valence-electron chi connectivity index (χ0n) is 19.1. The van der Waals surface area contributed by atoms with Crippen molar-refractivity contribution in [1.29, 1.82) is 0 Å². The highest BCUT2D eigenvalue weighted by molar-refractivity contribution is 6.30. The molecule has 1 N–H and O–H groups in total. The Bertz CT molecular complexity index is 1200. The number of nitrogens with zero attached hydrogens (tertiary/aromatic N) is 2. The van der Waals surface area contributed by atoms with Gasteiger partial charge in [0.2, 0.25) is 0 Å². The number of hydrogen-bond donors (Lipinski definition) is 1. The average molecular weight is 480 g/mol. The van der Waals surface area contributed by atoms with E-state index in [2.05, 4.69) is 5.32 Å². The van der Waals surface area contributed by atoms with E-state index in [1.807, 2.05) is 24.3 Å². The topological polar surface area (TPSA) is 71.1 Å². The number of benzene rings is 3. The molecular formula is C26H26ClN3O4. The molecule has 1 aliphatic heterocycles. The lowest BCUT2D eigenvalue weighted by atomic mass is 10.1. The third kappa shape index (κ3) is 5.26. The molecule has 0 spiro atoms. The maximum atomic E-state index is 13.4. The van der Waals surface area contributed by atoms with Gasteiger partial charge in [-0.15, -0.1) is 0 Å². The Labute approximate surface area is 203 Å². The summed E-state index contributed by atoms with van der Waals surface area (Å²) in [6, 6.07) is 19.6. The Kier molecular flexibility index (Phi) is 7.23. The zero-order valence-corrected chi connectivity index (χ0v) is 19.8. The van der Waals surface area contributed by atoms with Crippen molar-refractivity contribution in [2.45, 2.75) is 13.0 Å². The highest BCUT2D eigenvalue weighted by atomic mass is 35.5. The van der Waals surface area contributed by atoms with Gasteiger partial charge in [-0.25, -0.2) is 4.79 Å². The molecule has 1 aliphatic rings. The summed E-state index contributed by atoms with van der Waals surface area (Å²) in [5.41, 5.74) is 2.60. The number of amides is 3. The van der Waals surface area contributed by atoms with Crippen LogP contribution in [0.3, 0.4) is 0 Å². The summed E-state index contributed by atoms with van der Waals surface area (Å²) in [6.07, 6.45) is 0.801. The van der Waals surface area contributed by atoms with E-state index in [0.717, 1.165) is 12.0 Å². The van der Waals surface area contributed by atoms with Gasteiger partial charge in [0.15, 0.2) is 0 Å². The highest BCUT2D eigenvalue weighted by Crippen LogP contribution is 2.34. The Morgan fingerprint density at radius 2 is 1.82 bits per heavy atom. The molecule has 3 amide bonds. The Hall–Kier alpha value is -3.71. The molecule has 3 aromatic rings. The summed E-state index contributed by atoms with van der Waals surface area (Å²) < 4.78 is 10.7. The first-order chi connectivity index (χ1) is 16.5. The van der Waals surface area contributed by atoms with Crippen LogP contribution in [0.1, 0.15) is 22.3 Å². The lowest BCUT2D eigenvalue weighted by Gasteiger charge is -2.36. The standard InChI is InChI=1S/C26H26ClN3O4/c1-33-22-9-4-7-19(15-22)25(31)28-21-10-11-24(34-2)23(16-21)30-13-5-12-29(26(30)32)17-18-6-3-8-20(27)14-18/h3-4,6-11,14-16H,5,12-13,17H2,1-2H3,(H,28,31). The molecule has 0 bridgehead atoms. The largest absolute Gasteiger partial charge is 0.497 e.